The Morgan fingerprint density at radius 1 is 1.33 bits per heavy atom. The summed E-state index contributed by atoms with van der Waals surface area (Å²) in [6.07, 6.45) is 0. The minimum Gasteiger partial charge on any atom is -0.216 e. The van der Waals surface area contributed by atoms with Crippen molar-refractivity contribution in [2.75, 3.05) is 0 Å². The zero-order chi connectivity index (χ0) is 6.10. The van der Waals surface area contributed by atoms with E-state index < -0.39 is 0 Å². The van der Waals surface area contributed by atoms with Crippen LogP contribution in [0.15, 0.2) is 24.3 Å². The molecule has 0 N–H and O–H groups in total. The van der Waals surface area contributed by atoms with Gasteiger partial charge in [0.25, 0.3) is 0 Å². The summed E-state index contributed by atoms with van der Waals surface area (Å²) in [5.74, 6) is 1.05. The Kier molecular flexibility index (Phi) is 1.12. The second kappa shape index (κ2) is 1.95. The van der Waals surface area contributed by atoms with E-state index in [0.29, 0.717) is 0 Å². The van der Waals surface area contributed by atoms with E-state index in [2.05, 4.69) is 22.9 Å². The highest BCUT2D eigenvalue weighted by Crippen LogP contribution is 2.29. The lowest BCUT2D eigenvalue weighted by atomic mass is 10.2. The fraction of sp³-hybridized carbons (Fsp3) is 0.143. The van der Waals surface area contributed by atoms with Crippen molar-refractivity contribution in [3.05, 3.63) is 29.8 Å². The van der Waals surface area contributed by atoms with Crippen LogP contribution >= 0.6 is 11.9 Å². The molecule has 1 aromatic rings. The van der Waals surface area contributed by atoms with Crippen LogP contribution in [0.3, 0.4) is 0 Å². The summed E-state index contributed by atoms with van der Waals surface area (Å²) in [6.45, 7) is 0. The molecule has 1 nitrogen and oxygen atoms in total. The van der Waals surface area contributed by atoms with Crippen molar-refractivity contribution in [2.24, 2.45) is 0 Å². The van der Waals surface area contributed by atoms with E-state index in [1.807, 2.05) is 6.07 Å². The van der Waals surface area contributed by atoms with Gasteiger partial charge in [-0.05, 0) is 23.6 Å². The Bertz CT molecular complexity index is 199. The second-order valence-corrected chi connectivity index (χ2v) is 2.72. The minimum absolute atomic E-state index is 1.05. The van der Waals surface area contributed by atoms with Crippen LogP contribution in [0.1, 0.15) is 5.56 Å². The maximum Gasteiger partial charge on any atom is 0.0754 e. The van der Waals surface area contributed by atoms with Gasteiger partial charge in [0.1, 0.15) is 0 Å². The quantitative estimate of drug-likeness (QED) is 0.498. The van der Waals surface area contributed by atoms with E-state index in [1.165, 1.54) is 5.56 Å². The highest BCUT2D eigenvalue weighted by atomic mass is 32.2. The lowest BCUT2D eigenvalue weighted by Gasteiger charge is -1.90. The van der Waals surface area contributed by atoms with Gasteiger partial charge in [-0.2, -0.15) is 0 Å². The molecular weight excluding hydrogens is 130 g/mol. The van der Waals surface area contributed by atoms with Gasteiger partial charge in [-0.15, -0.1) is 0 Å². The number of benzene rings is 1. The number of fused-ring (bicyclic) bond motifs is 1. The van der Waals surface area contributed by atoms with Crippen LogP contribution in [0.25, 0.3) is 0 Å². The third kappa shape index (κ3) is 0.793. The molecule has 0 saturated heterocycles. The Hall–Kier alpha value is -0.630. The van der Waals surface area contributed by atoms with E-state index in [-0.39, 0.29) is 0 Å². The van der Waals surface area contributed by atoms with Gasteiger partial charge in [-0.1, -0.05) is 18.2 Å². The third-order valence-corrected chi connectivity index (χ3v) is 2.14. The van der Waals surface area contributed by atoms with Crippen LogP contribution in [-0.2, 0) is 5.75 Å². The Morgan fingerprint density at radius 2 is 2.22 bits per heavy atom. The zero-order valence-electron chi connectivity index (χ0n) is 4.87. The number of hydrogen-bond donors (Lipinski definition) is 0. The van der Waals surface area contributed by atoms with Crippen LogP contribution in [0.2, 0.25) is 0 Å². The van der Waals surface area contributed by atoms with E-state index in [1.54, 1.807) is 11.9 Å². The van der Waals surface area contributed by atoms with E-state index in [4.69, 9.17) is 0 Å². The molecular formula is C7H6NS. The smallest absolute Gasteiger partial charge is 0.0754 e. The van der Waals surface area contributed by atoms with Gasteiger partial charge >= 0.3 is 0 Å². The van der Waals surface area contributed by atoms with Gasteiger partial charge in [0.15, 0.2) is 0 Å². The standard InChI is InChI=1S/C7H6NS/c1-2-4-7-6(3-1)5-9-8-7/h1-4H,5H2. The normalized spacial score (nSPS) is 14.7. The summed E-state index contributed by atoms with van der Waals surface area (Å²) in [7, 11) is 0. The van der Waals surface area contributed by atoms with E-state index in [9.17, 15) is 0 Å². The predicted octanol–water partition coefficient (Wildman–Crippen LogP) is 2.08. The summed E-state index contributed by atoms with van der Waals surface area (Å²) >= 11 is 1.63. The average Bonchev–Trinajstić information content (AvgIpc) is 2.33. The van der Waals surface area contributed by atoms with Crippen LogP contribution in [0.4, 0.5) is 5.69 Å². The van der Waals surface area contributed by atoms with Crippen molar-refractivity contribution < 1.29 is 0 Å². The zero-order valence-corrected chi connectivity index (χ0v) is 5.69. The Balaban J connectivity index is 2.54. The fourth-order valence-electron chi connectivity index (χ4n) is 0.893. The molecule has 0 amide bonds. The van der Waals surface area contributed by atoms with E-state index >= 15 is 0 Å². The molecule has 0 unspecified atom stereocenters. The van der Waals surface area contributed by atoms with Crippen molar-refractivity contribution in [2.45, 2.75) is 5.75 Å². The third-order valence-electron chi connectivity index (χ3n) is 1.37. The lowest BCUT2D eigenvalue weighted by molar-refractivity contribution is 1.37. The van der Waals surface area contributed by atoms with Crippen LogP contribution in [0.5, 0.6) is 0 Å². The van der Waals surface area contributed by atoms with E-state index in [0.717, 1.165) is 11.4 Å². The topological polar surface area (TPSA) is 14.1 Å². The van der Waals surface area contributed by atoms with Crippen molar-refractivity contribution in [1.82, 2.24) is 4.72 Å². The fourth-order valence-corrected chi connectivity index (χ4v) is 1.66. The van der Waals surface area contributed by atoms with Crippen molar-refractivity contribution in [3.8, 4) is 0 Å². The molecule has 0 aromatic heterocycles. The number of rotatable bonds is 0. The minimum atomic E-state index is 1.05. The summed E-state index contributed by atoms with van der Waals surface area (Å²) < 4.78 is 4.22. The summed E-state index contributed by atoms with van der Waals surface area (Å²) in [5, 5.41) is 0. The highest BCUT2D eigenvalue weighted by molar-refractivity contribution is 7.97. The van der Waals surface area contributed by atoms with Gasteiger partial charge in [0.05, 0.1) is 5.69 Å². The maximum atomic E-state index is 4.22. The maximum absolute atomic E-state index is 4.22. The molecule has 0 fully saturated rings. The number of nitrogens with zero attached hydrogens (tertiary/aromatic N) is 1. The molecule has 1 aliphatic heterocycles. The lowest BCUT2D eigenvalue weighted by Crippen LogP contribution is -1.75. The molecule has 9 heavy (non-hydrogen) atoms. The first-order chi connectivity index (χ1) is 4.47. The molecule has 0 saturated carbocycles. The van der Waals surface area contributed by atoms with Crippen molar-refractivity contribution in [3.63, 3.8) is 0 Å². The monoisotopic (exact) mass is 136 g/mol. The summed E-state index contributed by atoms with van der Waals surface area (Å²) in [4.78, 5) is 0. The van der Waals surface area contributed by atoms with Crippen molar-refractivity contribution in [1.29, 1.82) is 0 Å². The average molecular weight is 136 g/mol. The first kappa shape index (κ1) is 5.18. The molecule has 0 atom stereocenters. The molecule has 1 aromatic carbocycles. The summed E-state index contributed by atoms with van der Waals surface area (Å²) in [6, 6.07) is 8.25. The van der Waals surface area contributed by atoms with Crippen LogP contribution < -0.4 is 4.72 Å². The second-order valence-electron chi connectivity index (χ2n) is 1.99. The molecule has 0 spiro atoms. The van der Waals surface area contributed by atoms with Gasteiger partial charge < -0.3 is 0 Å². The van der Waals surface area contributed by atoms with Crippen LogP contribution in [0, 0.1) is 0 Å². The van der Waals surface area contributed by atoms with Crippen LogP contribution in [-0.4, -0.2) is 0 Å². The highest BCUT2D eigenvalue weighted by Gasteiger charge is 2.09. The molecule has 0 aliphatic carbocycles. The summed E-state index contributed by atoms with van der Waals surface area (Å²) in [5.41, 5.74) is 2.52. The first-order valence-electron chi connectivity index (χ1n) is 2.88. The molecule has 0 bridgehead atoms. The largest absolute Gasteiger partial charge is 0.216 e. The Morgan fingerprint density at radius 3 is 3.11 bits per heavy atom. The molecule has 1 heterocycles. The predicted molar refractivity (Wildman–Crippen MR) is 39.5 cm³/mol. The molecule has 2 rings (SSSR count). The van der Waals surface area contributed by atoms with Crippen molar-refractivity contribution >= 4 is 17.6 Å². The number of hydrogen-bond acceptors (Lipinski definition) is 1. The van der Waals surface area contributed by atoms with Gasteiger partial charge in [0.2, 0.25) is 0 Å². The Labute approximate surface area is 58.6 Å². The SMILES string of the molecule is c1ccc2c(c1)CS[N]2. The van der Waals surface area contributed by atoms with Gasteiger partial charge in [0, 0.05) is 5.75 Å². The molecule has 1 aliphatic rings. The molecule has 45 valence electrons. The molecule has 1 radical (unpaired) electrons. The van der Waals surface area contributed by atoms with Gasteiger partial charge in [-0.3, -0.25) is 0 Å². The van der Waals surface area contributed by atoms with Gasteiger partial charge in [-0.25, -0.2) is 4.72 Å². The molecule has 2 heteroatoms. The first-order valence-corrected chi connectivity index (χ1v) is 3.82.